The van der Waals surface area contributed by atoms with Crippen LogP contribution in [-0.4, -0.2) is 35.7 Å². The molecule has 0 saturated carbocycles. The van der Waals surface area contributed by atoms with Gasteiger partial charge in [0.1, 0.15) is 0 Å². The smallest absolute Gasteiger partial charge is 0.234 e. The monoisotopic (exact) mass is 288 g/mol. The summed E-state index contributed by atoms with van der Waals surface area (Å²) in [7, 11) is 0. The highest BCUT2D eigenvalue weighted by molar-refractivity contribution is 5.98. The number of primary amides is 1. The van der Waals surface area contributed by atoms with E-state index < -0.39 is 0 Å². The summed E-state index contributed by atoms with van der Waals surface area (Å²) in [4.78, 5) is 25.8. The molecule has 0 radical (unpaired) electrons. The molecule has 1 fully saturated rings. The van der Waals surface area contributed by atoms with E-state index in [4.69, 9.17) is 5.73 Å². The Hall–Kier alpha value is -1.68. The summed E-state index contributed by atoms with van der Waals surface area (Å²) in [5, 5.41) is 0. The lowest BCUT2D eigenvalue weighted by atomic mass is 9.98. The van der Waals surface area contributed by atoms with E-state index in [9.17, 15) is 9.59 Å². The summed E-state index contributed by atoms with van der Waals surface area (Å²) in [6.07, 6.45) is 2.78. The van der Waals surface area contributed by atoms with Crippen molar-refractivity contribution in [2.24, 2.45) is 5.73 Å². The highest BCUT2D eigenvalue weighted by Gasteiger charge is 2.28. The molecule has 1 amide bonds. The van der Waals surface area contributed by atoms with Gasteiger partial charge in [-0.25, -0.2) is 0 Å². The molecule has 1 aromatic carbocycles. The van der Waals surface area contributed by atoms with Gasteiger partial charge in [0.25, 0.3) is 0 Å². The van der Waals surface area contributed by atoms with Crippen LogP contribution < -0.4 is 5.73 Å². The minimum Gasteiger partial charge on any atom is -0.368 e. The molecule has 1 saturated heterocycles. The van der Waals surface area contributed by atoms with Crippen molar-refractivity contribution in [3.8, 4) is 0 Å². The highest BCUT2D eigenvalue weighted by Crippen LogP contribution is 2.18. The van der Waals surface area contributed by atoms with Crippen LogP contribution in [-0.2, 0) is 4.79 Å². The van der Waals surface area contributed by atoms with Crippen molar-refractivity contribution < 1.29 is 9.59 Å². The molecule has 4 nitrogen and oxygen atoms in total. The van der Waals surface area contributed by atoms with Gasteiger partial charge in [-0.2, -0.15) is 0 Å². The predicted octanol–water partition coefficient (Wildman–Crippen LogP) is 2.33. The molecule has 0 aliphatic carbocycles. The average Bonchev–Trinajstić information content (AvgIpc) is 2.47. The van der Waals surface area contributed by atoms with E-state index in [1.165, 1.54) is 5.56 Å². The van der Waals surface area contributed by atoms with Crippen LogP contribution in [0.1, 0.15) is 54.9 Å². The molecule has 114 valence electrons. The molecule has 1 unspecified atom stereocenters. The van der Waals surface area contributed by atoms with E-state index in [-0.39, 0.29) is 24.3 Å². The van der Waals surface area contributed by atoms with Crippen LogP contribution in [0.5, 0.6) is 0 Å². The lowest BCUT2D eigenvalue weighted by molar-refractivity contribution is -0.124. The van der Waals surface area contributed by atoms with Gasteiger partial charge in [0.15, 0.2) is 5.78 Å². The third kappa shape index (κ3) is 3.91. The molecule has 1 aliphatic rings. The first-order valence-corrected chi connectivity index (χ1v) is 7.65. The van der Waals surface area contributed by atoms with Crippen LogP contribution in [0.25, 0.3) is 0 Å². The van der Waals surface area contributed by atoms with Gasteiger partial charge in [-0.15, -0.1) is 0 Å². The van der Waals surface area contributed by atoms with E-state index in [1.807, 2.05) is 29.2 Å². The Balaban J connectivity index is 2.04. The maximum absolute atomic E-state index is 12.4. The fraction of sp³-hybridized carbons (Fsp3) is 0.529. The predicted molar refractivity (Wildman–Crippen MR) is 83.3 cm³/mol. The van der Waals surface area contributed by atoms with E-state index >= 15 is 0 Å². The van der Waals surface area contributed by atoms with Crippen molar-refractivity contribution in [3.63, 3.8) is 0 Å². The first-order valence-electron chi connectivity index (χ1n) is 7.65. The van der Waals surface area contributed by atoms with Crippen molar-refractivity contribution >= 4 is 11.7 Å². The van der Waals surface area contributed by atoms with Crippen LogP contribution in [0.2, 0.25) is 0 Å². The molecule has 2 rings (SSSR count). The summed E-state index contributed by atoms with van der Waals surface area (Å²) in [5.74, 6) is 0.187. The topological polar surface area (TPSA) is 63.4 Å². The van der Waals surface area contributed by atoms with Crippen molar-refractivity contribution in [3.05, 3.63) is 35.4 Å². The van der Waals surface area contributed by atoms with Crippen molar-refractivity contribution in [2.45, 2.75) is 45.1 Å². The van der Waals surface area contributed by atoms with Crippen molar-refractivity contribution in [1.29, 1.82) is 0 Å². The zero-order valence-electron chi connectivity index (χ0n) is 12.8. The lowest BCUT2D eigenvalue weighted by Gasteiger charge is -2.32. The molecule has 1 aromatic rings. The fourth-order valence-electron chi connectivity index (χ4n) is 2.83. The molecule has 0 spiro atoms. The zero-order valence-corrected chi connectivity index (χ0v) is 12.8. The first-order chi connectivity index (χ1) is 9.99. The number of carbonyl (C=O) groups is 2. The highest BCUT2D eigenvalue weighted by atomic mass is 16.1. The Morgan fingerprint density at radius 1 is 1.24 bits per heavy atom. The van der Waals surface area contributed by atoms with Crippen molar-refractivity contribution in [1.82, 2.24) is 4.90 Å². The van der Waals surface area contributed by atoms with Gasteiger partial charge in [0, 0.05) is 5.56 Å². The Labute approximate surface area is 126 Å². The van der Waals surface area contributed by atoms with Crippen LogP contribution in [0.4, 0.5) is 0 Å². The van der Waals surface area contributed by atoms with Crippen LogP contribution >= 0.6 is 0 Å². The first kappa shape index (κ1) is 15.7. The SMILES string of the molecule is CC(C)c1ccc(C(=O)CN2CCCCC2C(N)=O)cc1. The number of ketones is 1. The van der Waals surface area contributed by atoms with Gasteiger partial charge in [-0.3, -0.25) is 14.5 Å². The number of piperidine rings is 1. The third-order valence-corrected chi connectivity index (χ3v) is 4.19. The molecule has 2 N–H and O–H groups in total. The lowest BCUT2D eigenvalue weighted by Crippen LogP contribution is -2.49. The zero-order chi connectivity index (χ0) is 15.4. The number of likely N-dealkylation sites (tertiary alicyclic amines) is 1. The van der Waals surface area contributed by atoms with Gasteiger partial charge in [-0.1, -0.05) is 44.5 Å². The molecule has 4 heteroatoms. The van der Waals surface area contributed by atoms with Crippen LogP contribution in [0.15, 0.2) is 24.3 Å². The minimum absolute atomic E-state index is 0.0541. The van der Waals surface area contributed by atoms with Gasteiger partial charge in [0.05, 0.1) is 12.6 Å². The number of hydrogen-bond donors (Lipinski definition) is 1. The molecular formula is C17H24N2O2. The maximum atomic E-state index is 12.4. The fourth-order valence-corrected chi connectivity index (χ4v) is 2.83. The van der Waals surface area contributed by atoms with Gasteiger partial charge in [-0.05, 0) is 30.9 Å². The Bertz CT molecular complexity index is 508. The molecule has 1 atom stereocenters. The maximum Gasteiger partial charge on any atom is 0.234 e. The second-order valence-corrected chi connectivity index (χ2v) is 6.08. The number of rotatable bonds is 5. The largest absolute Gasteiger partial charge is 0.368 e. The molecule has 0 bridgehead atoms. The second kappa shape index (κ2) is 6.85. The third-order valence-electron chi connectivity index (χ3n) is 4.19. The summed E-state index contributed by atoms with van der Waals surface area (Å²) in [5.41, 5.74) is 7.36. The van der Waals surface area contributed by atoms with E-state index in [2.05, 4.69) is 13.8 Å². The summed E-state index contributed by atoms with van der Waals surface area (Å²) >= 11 is 0. The number of benzene rings is 1. The van der Waals surface area contributed by atoms with Gasteiger partial charge in [0.2, 0.25) is 5.91 Å². The minimum atomic E-state index is -0.322. The van der Waals surface area contributed by atoms with Crippen molar-refractivity contribution in [2.75, 3.05) is 13.1 Å². The molecule has 0 aromatic heterocycles. The van der Waals surface area contributed by atoms with E-state index in [0.29, 0.717) is 11.5 Å². The molecule has 21 heavy (non-hydrogen) atoms. The number of nitrogens with zero attached hydrogens (tertiary/aromatic N) is 1. The van der Waals surface area contributed by atoms with Crippen LogP contribution in [0.3, 0.4) is 0 Å². The summed E-state index contributed by atoms with van der Waals surface area (Å²) < 4.78 is 0. The number of nitrogens with two attached hydrogens (primary N) is 1. The molecular weight excluding hydrogens is 264 g/mol. The second-order valence-electron chi connectivity index (χ2n) is 6.08. The molecule has 1 aliphatic heterocycles. The van der Waals surface area contributed by atoms with Gasteiger partial charge < -0.3 is 5.73 Å². The quantitative estimate of drug-likeness (QED) is 0.846. The Kier molecular flexibility index (Phi) is 5.12. The normalized spacial score (nSPS) is 19.7. The standard InChI is InChI=1S/C17H24N2O2/c1-12(2)13-6-8-14(9-7-13)16(20)11-19-10-4-3-5-15(19)17(18)21/h6-9,12,15H,3-5,10-11H2,1-2H3,(H2,18,21). The van der Waals surface area contributed by atoms with E-state index in [1.54, 1.807) is 0 Å². The summed E-state index contributed by atoms with van der Waals surface area (Å²) in [6, 6.07) is 7.46. The summed E-state index contributed by atoms with van der Waals surface area (Å²) in [6.45, 7) is 5.29. The van der Waals surface area contributed by atoms with E-state index in [0.717, 1.165) is 25.8 Å². The number of amides is 1. The van der Waals surface area contributed by atoms with Gasteiger partial charge >= 0.3 is 0 Å². The Morgan fingerprint density at radius 2 is 1.90 bits per heavy atom. The molecule has 1 heterocycles. The Morgan fingerprint density at radius 3 is 2.48 bits per heavy atom. The average molecular weight is 288 g/mol. The van der Waals surface area contributed by atoms with Crippen LogP contribution in [0, 0.1) is 0 Å². The number of hydrogen-bond acceptors (Lipinski definition) is 3. The number of Topliss-reactive ketones (excluding diaryl/α,β-unsaturated/α-hetero) is 1. The number of carbonyl (C=O) groups excluding carboxylic acids is 2.